The van der Waals surface area contributed by atoms with E-state index < -0.39 is 0 Å². The van der Waals surface area contributed by atoms with E-state index in [-0.39, 0.29) is 12.0 Å². The molecule has 3 rings (SSSR count). The van der Waals surface area contributed by atoms with Crippen molar-refractivity contribution in [2.75, 3.05) is 11.4 Å². The second-order valence-electron chi connectivity index (χ2n) is 6.29. The van der Waals surface area contributed by atoms with Crippen molar-refractivity contribution >= 4 is 11.6 Å². The lowest BCUT2D eigenvalue weighted by atomic mass is 10.0. The summed E-state index contributed by atoms with van der Waals surface area (Å²) in [5.41, 5.74) is 5.07. The number of rotatable bonds is 3. The number of hydrogen-bond acceptors (Lipinski definition) is 3. The fraction of sp³-hybridized carbons (Fsp3) is 0.368. The molecule has 0 fully saturated rings. The van der Waals surface area contributed by atoms with Gasteiger partial charge in [-0.1, -0.05) is 6.07 Å². The van der Waals surface area contributed by atoms with Gasteiger partial charge in [0.1, 0.15) is 0 Å². The minimum Gasteiger partial charge on any atom is -0.489 e. The summed E-state index contributed by atoms with van der Waals surface area (Å²) in [6, 6.07) is 7.88. The monoisotopic (exact) mass is 310 g/mol. The van der Waals surface area contributed by atoms with Gasteiger partial charge in [-0.25, -0.2) is 4.98 Å². The summed E-state index contributed by atoms with van der Waals surface area (Å²) in [7, 11) is 0. The Bertz CT molecular complexity index is 753. The number of aryl methyl sites for hydroxylation is 2. The Hall–Kier alpha value is -2.36. The Morgan fingerprint density at radius 2 is 2.00 bits per heavy atom. The standard InChI is InChI=1S/C19H22N2O2/c1-12(2)23-17-6-5-8-20-18(17)19(22)21-9-7-15-10-13(3)14(4)11-16(15)21/h5-6,8,10-12H,7,9H2,1-4H3. The summed E-state index contributed by atoms with van der Waals surface area (Å²) in [6.45, 7) is 8.75. The van der Waals surface area contributed by atoms with E-state index in [1.807, 2.05) is 18.7 Å². The summed E-state index contributed by atoms with van der Waals surface area (Å²) >= 11 is 0. The number of amides is 1. The molecule has 0 N–H and O–H groups in total. The van der Waals surface area contributed by atoms with E-state index in [4.69, 9.17) is 4.74 Å². The van der Waals surface area contributed by atoms with Crippen LogP contribution in [0.1, 0.15) is 41.0 Å². The molecule has 4 heteroatoms. The molecule has 120 valence electrons. The van der Waals surface area contributed by atoms with E-state index in [1.165, 1.54) is 16.7 Å². The van der Waals surface area contributed by atoms with Crippen LogP contribution in [0.2, 0.25) is 0 Å². The first-order valence-corrected chi connectivity index (χ1v) is 8.01. The van der Waals surface area contributed by atoms with E-state index >= 15 is 0 Å². The number of nitrogens with zero attached hydrogens (tertiary/aromatic N) is 2. The molecule has 0 saturated heterocycles. The van der Waals surface area contributed by atoms with Crippen LogP contribution in [0, 0.1) is 13.8 Å². The highest BCUT2D eigenvalue weighted by atomic mass is 16.5. The Kier molecular flexibility index (Phi) is 4.07. The first-order chi connectivity index (χ1) is 11.0. The Balaban J connectivity index is 1.97. The zero-order chi connectivity index (χ0) is 16.6. The third kappa shape index (κ3) is 2.93. The van der Waals surface area contributed by atoms with Gasteiger partial charge in [0.25, 0.3) is 5.91 Å². The lowest BCUT2D eigenvalue weighted by Crippen LogP contribution is -2.30. The van der Waals surface area contributed by atoms with Crippen LogP contribution in [0.15, 0.2) is 30.5 Å². The maximum absolute atomic E-state index is 13.0. The second kappa shape index (κ2) is 6.03. The van der Waals surface area contributed by atoms with Crippen LogP contribution in [0.5, 0.6) is 5.75 Å². The highest BCUT2D eigenvalue weighted by molar-refractivity contribution is 6.07. The molecule has 23 heavy (non-hydrogen) atoms. The van der Waals surface area contributed by atoms with E-state index in [1.54, 1.807) is 18.3 Å². The van der Waals surface area contributed by atoms with Crippen molar-refractivity contribution in [3.8, 4) is 5.75 Å². The normalized spacial score (nSPS) is 13.3. The molecular formula is C19H22N2O2. The Morgan fingerprint density at radius 3 is 2.74 bits per heavy atom. The molecule has 1 aliphatic rings. The molecule has 1 aliphatic heterocycles. The molecule has 0 unspecified atom stereocenters. The second-order valence-corrected chi connectivity index (χ2v) is 6.29. The largest absolute Gasteiger partial charge is 0.489 e. The third-order valence-electron chi connectivity index (χ3n) is 4.17. The van der Waals surface area contributed by atoms with Gasteiger partial charge < -0.3 is 9.64 Å². The summed E-state index contributed by atoms with van der Waals surface area (Å²) in [6.07, 6.45) is 2.52. The van der Waals surface area contributed by atoms with Crippen LogP contribution < -0.4 is 9.64 Å². The van der Waals surface area contributed by atoms with Crippen molar-refractivity contribution in [1.29, 1.82) is 0 Å². The summed E-state index contributed by atoms with van der Waals surface area (Å²) in [4.78, 5) is 19.1. The number of carbonyl (C=O) groups excluding carboxylic acids is 1. The minimum absolute atomic E-state index is 0.00140. The van der Waals surface area contributed by atoms with Crippen molar-refractivity contribution < 1.29 is 9.53 Å². The van der Waals surface area contributed by atoms with Gasteiger partial charge >= 0.3 is 0 Å². The van der Waals surface area contributed by atoms with Crippen LogP contribution >= 0.6 is 0 Å². The minimum atomic E-state index is -0.0942. The molecule has 0 atom stereocenters. The van der Waals surface area contributed by atoms with E-state index in [0.717, 1.165) is 12.1 Å². The first-order valence-electron chi connectivity index (χ1n) is 8.01. The van der Waals surface area contributed by atoms with Crippen molar-refractivity contribution in [2.24, 2.45) is 0 Å². The molecule has 0 radical (unpaired) electrons. The van der Waals surface area contributed by atoms with Crippen molar-refractivity contribution in [3.05, 3.63) is 52.8 Å². The predicted octanol–water partition coefficient (Wildman–Crippen LogP) is 3.69. The summed E-state index contributed by atoms with van der Waals surface area (Å²) < 4.78 is 5.75. The number of aromatic nitrogens is 1. The zero-order valence-electron chi connectivity index (χ0n) is 14.1. The predicted molar refractivity (Wildman–Crippen MR) is 91.3 cm³/mol. The fourth-order valence-corrected chi connectivity index (χ4v) is 2.90. The van der Waals surface area contributed by atoms with E-state index in [9.17, 15) is 4.79 Å². The van der Waals surface area contributed by atoms with Crippen LogP contribution in [-0.4, -0.2) is 23.5 Å². The molecule has 4 nitrogen and oxygen atoms in total. The fourth-order valence-electron chi connectivity index (χ4n) is 2.90. The molecule has 0 spiro atoms. The number of carbonyl (C=O) groups is 1. The van der Waals surface area contributed by atoms with Crippen LogP contribution in [0.4, 0.5) is 5.69 Å². The quantitative estimate of drug-likeness (QED) is 0.868. The molecule has 1 amide bonds. The molecule has 0 aliphatic carbocycles. The van der Waals surface area contributed by atoms with Gasteiger partial charge in [0.2, 0.25) is 0 Å². The highest BCUT2D eigenvalue weighted by Crippen LogP contribution is 2.32. The van der Waals surface area contributed by atoms with Crippen LogP contribution in [0.25, 0.3) is 0 Å². The lowest BCUT2D eigenvalue weighted by Gasteiger charge is -2.20. The topological polar surface area (TPSA) is 42.4 Å². The molecule has 0 bridgehead atoms. The lowest BCUT2D eigenvalue weighted by molar-refractivity contribution is 0.0978. The van der Waals surface area contributed by atoms with E-state index in [0.29, 0.717) is 18.0 Å². The van der Waals surface area contributed by atoms with Gasteiger partial charge in [0.15, 0.2) is 11.4 Å². The maximum atomic E-state index is 13.0. The first kappa shape index (κ1) is 15.5. The van der Waals surface area contributed by atoms with Gasteiger partial charge in [-0.2, -0.15) is 0 Å². The smallest absolute Gasteiger partial charge is 0.280 e. The molecular weight excluding hydrogens is 288 g/mol. The third-order valence-corrected chi connectivity index (χ3v) is 4.17. The average molecular weight is 310 g/mol. The molecule has 1 aromatic carbocycles. The van der Waals surface area contributed by atoms with Crippen LogP contribution in [0.3, 0.4) is 0 Å². The number of benzene rings is 1. The van der Waals surface area contributed by atoms with Crippen molar-refractivity contribution in [2.45, 2.75) is 40.2 Å². The number of ether oxygens (including phenoxy) is 1. The van der Waals surface area contributed by atoms with Gasteiger partial charge in [0.05, 0.1) is 6.10 Å². The van der Waals surface area contributed by atoms with Crippen molar-refractivity contribution in [3.63, 3.8) is 0 Å². The Morgan fingerprint density at radius 1 is 1.26 bits per heavy atom. The van der Waals surface area contributed by atoms with Gasteiger partial charge in [0, 0.05) is 18.4 Å². The maximum Gasteiger partial charge on any atom is 0.280 e. The van der Waals surface area contributed by atoms with Crippen LogP contribution in [-0.2, 0) is 6.42 Å². The van der Waals surface area contributed by atoms with Gasteiger partial charge in [-0.15, -0.1) is 0 Å². The number of fused-ring (bicyclic) bond motifs is 1. The van der Waals surface area contributed by atoms with E-state index in [2.05, 4.69) is 31.0 Å². The SMILES string of the molecule is Cc1cc2c(cc1C)N(C(=O)c1ncccc1OC(C)C)CC2. The number of pyridine rings is 1. The summed E-state index contributed by atoms with van der Waals surface area (Å²) in [5.74, 6) is 0.452. The van der Waals surface area contributed by atoms with Gasteiger partial charge in [-0.05, 0) is 69.0 Å². The summed E-state index contributed by atoms with van der Waals surface area (Å²) in [5, 5.41) is 0. The molecule has 1 aromatic heterocycles. The molecule has 2 aromatic rings. The zero-order valence-corrected chi connectivity index (χ0v) is 14.1. The highest BCUT2D eigenvalue weighted by Gasteiger charge is 2.29. The number of hydrogen-bond donors (Lipinski definition) is 0. The molecule has 0 saturated carbocycles. The number of anilines is 1. The van der Waals surface area contributed by atoms with Gasteiger partial charge in [-0.3, -0.25) is 4.79 Å². The molecule has 2 heterocycles. The Labute approximate surface area is 137 Å². The average Bonchev–Trinajstić information content (AvgIpc) is 2.90. The van der Waals surface area contributed by atoms with Crippen molar-refractivity contribution in [1.82, 2.24) is 4.98 Å².